The molecule has 0 saturated heterocycles. The number of carbonyl (C=O) groups excluding carboxylic acids is 2. The van der Waals surface area contributed by atoms with Crippen molar-refractivity contribution < 1.29 is 23.8 Å². The predicted octanol–water partition coefficient (Wildman–Crippen LogP) is 1.48. The molecular weight excluding hydrogens is 253 g/mol. The van der Waals surface area contributed by atoms with Crippen LogP contribution in [0.2, 0.25) is 0 Å². The third-order valence-corrected chi connectivity index (χ3v) is 3.08. The highest BCUT2D eigenvalue weighted by Crippen LogP contribution is 2.36. The Morgan fingerprint density at radius 3 is 2.89 bits per heavy atom. The third-order valence-electron chi connectivity index (χ3n) is 3.08. The van der Waals surface area contributed by atoms with Crippen molar-refractivity contribution in [1.29, 1.82) is 0 Å². The van der Waals surface area contributed by atoms with E-state index in [1.54, 1.807) is 13.8 Å². The standard InChI is InChI=1S/C13H14FNO4/c1-3-19-13(18)11(16)7-4-8-6(2)12(17)15-10(8)9(14)5-7/h4-6,11,16H,3H2,1-2H3,(H,15,17). The first-order valence-corrected chi connectivity index (χ1v) is 5.94. The van der Waals surface area contributed by atoms with Gasteiger partial charge in [-0.2, -0.15) is 0 Å². The number of nitrogens with one attached hydrogen (secondary N) is 1. The van der Waals surface area contributed by atoms with E-state index in [1.807, 2.05) is 0 Å². The number of halogens is 1. The van der Waals surface area contributed by atoms with E-state index >= 15 is 0 Å². The number of rotatable bonds is 3. The van der Waals surface area contributed by atoms with Crippen molar-refractivity contribution in [2.24, 2.45) is 0 Å². The Labute approximate surface area is 109 Å². The number of amides is 1. The molecule has 0 bridgehead atoms. The van der Waals surface area contributed by atoms with Crippen molar-refractivity contribution in [1.82, 2.24) is 0 Å². The molecule has 19 heavy (non-hydrogen) atoms. The number of benzene rings is 1. The summed E-state index contributed by atoms with van der Waals surface area (Å²) >= 11 is 0. The number of hydrogen-bond donors (Lipinski definition) is 2. The summed E-state index contributed by atoms with van der Waals surface area (Å²) < 4.78 is 18.5. The SMILES string of the molecule is CCOC(=O)C(O)c1cc(F)c2c(c1)C(C)C(=O)N2. The predicted molar refractivity (Wildman–Crippen MR) is 65.0 cm³/mol. The highest BCUT2D eigenvalue weighted by atomic mass is 19.1. The van der Waals surface area contributed by atoms with Crippen LogP contribution >= 0.6 is 0 Å². The summed E-state index contributed by atoms with van der Waals surface area (Å²) in [5.41, 5.74) is 0.624. The molecule has 0 fully saturated rings. The number of ether oxygens (including phenoxy) is 1. The number of anilines is 1. The minimum Gasteiger partial charge on any atom is -0.464 e. The fraction of sp³-hybridized carbons (Fsp3) is 0.385. The second kappa shape index (κ2) is 4.97. The fourth-order valence-corrected chi connectivity index (χ4v) is 2.01. The molecule has 0 radical (unpaired) electrons. The molecule has 2 atom stereocenters. The number of aliphatic hydroxyl groups is 1. The van der Waals surface area contributed by atoms with Crippen LogP contribution in [-0.4, -0.2) is 23.6 Å². The van der Waals surface area contributed by atoms with Crippen LogP contribution in [0.3, 0.4) is 0 Å². The number of aliphatic hydroxyl groups excluding tert-OH is 1. The van der Waals surface area contributed by atoms with Crippen LogP contribution in [0.25, 0.3) is 0 Å². The maximum absolute atomic E-state index is 13.8. The summed E-state index contributed by atoms with van der Waals surface area (Å²) in [5.74, 6) is -2.34. The van der Waals surface area contributed by atoms with Gasteiger partial charge in [-0.05, 0) is 37.1 Å². The molecule has 1 aliphatic heterocycles. The fourth-order valence-electron chi connectivity index (χ4n) is 2.01. The van der Waals surface area contributed by atoms with Gasteiger partial charge in [0, 0.05) is 0 Å². The van der Waals surface area contributed by atoms with Gasteiger partial charge < -0.3 is 15.2 Å². The van der Waals surface area contributed by atoms with Crippen LogP contribution in [0.1, 0.15) is 37.0 Å². The first kappa shape index (κ1) is 13.5. The van der Waals surface area contributed by atoms with E-state index in [0.29, 0.717) is 5.56 Å². The highest BCUT2D eigenvalue weighted by molar-refractivity contribution is 6.02. The normalized spacial score (nSPS) is 18.7. The van der Waals surface area contributed by atoms with E-state index in [9.17, 15) is 19.1 Å². The summed E-state index contributed by atoms with van der Waals surface area (Å²) in [4.78, 5) is 22.9. The van der Waals surface area contributed by atoms with Crippen LogP contribution in [0.15, 0.2) is 12.1 Å². The molecular formula is C13H14FNO4. The number of hydrogen-bond acceptors (Lipinski definition) is 4. The Hall–Kier alpha value is -1.95. The van der Waals surface area contributed by atoms with Crippen LogP contribution in [0.4, 0.5) is 10.1 Å². The summed E-state index contributed by atoms with van der Waals surface area (Å²) in [6.45, 7) is 3.36. The van der Waals surface area contributed by atoms with E-state index < -0.39 is 23.8 Å². The average Bonchev–Trinajstić information content (AvgIpc) is 2.66. The maximum atomic E-state index is 13.8. The van der Waals surface area contributed by atoms with Gasteiger partial charge in [0.25, 0.3) is 0 Å². The van der Waals surface area contributed by atoms with Gasteiger partial charge in [-0.25, -0.2) is 9.18 Å². The first-order valence-electron chi connectivity index (χ1n) is 5.94. The summed E-state index contributed by atoms with van der Waals surface area (Å²) in [6, 6.07) is 2.47. The van der Waals surface area contributed by atoms with Crippen molar-refractivity contribution in [2.45, 2.75) is 25.9 Å². The average molecular weight is 267 g/mol. The van der Waals surface area contributed by atoms with Crippen molar-refractivity contribution >= 4 is 17.6 Å². The molecule has 0 saturated carbocycles. The Morgan fingerprint density at radius 2 is 2.26 bits per heavy atom. The largest absolute Gasteiger partial charge is 0.464 e. The van der Waals surface area contributed by atoms with Gasteiger partial charge in [0.1, 0.15) is 5.82 Å². The Kier molecular flexibility index (Phi) is 3.53. The maximum Gasteiger partial charge on any atom is 0.339 e. The number of esters is 1. The van der Waals surface area contributed by atoms with E-state index in [2.05, 4.69) is 10.1 Å². The molecule has 2 N–H and O–H groups in total. The van der Waals surface area contributed by atoms with Crippen molar-refractivity contribution in [3.63, 3.8) is 0 Å². The van der Waals surface area contributed by atoms with Crippen molar-refractivity contribution in [3.8, 4) is 0 Å². The van der Waals surface area contributed by atoms with Gasteiger partial charge in [0.2, 0.25) is 5.91 Å². The summed E-state index contributed by atoms with van der Waals surface area (Å²) in [6.07, 6.45) is -1.55. The Balaban J connectivity index is 2.38. The zero-order valence-corrected chi connectivity index (χ0v) is 10.6. The van der Waals surface area contributed by atoms with Crippen LogP contribution < -0.4 is 5.32 Å². The zero-order chi connectivity index (χ0) is 14.2. The van der Waals surface area contributed by atoms with E-state index in [1.165, 1.54) is 6.07 Å². The van der Waals surface area contributed by atoms with Gasteiger partial charge in [-0.1, -0.05) is 0 Å². The third kappa shape index (κ3) is 2.31. The molecule has 0 aliphatic carbocycles. The lowest BCUT2D eigenvalue weighted by molar-refractivity contribution is -0.153. The molecule has 102 valence electrons. The second-order valence-corrected chi connectivity index (χ2v) is 4.33. The molecule has 1 aliphatic rings. The van der Waals surface area contributed by atoms with E-state index in [4.69, 9.17) is 0 Å². The first-order chi connectivity index (χ1) is 8.95. The smallest absolute Gasteiger partial charge is 0.339 e. The quantitative estimate of drug-likeness (QED) is 0.813. The number of fused-ring (bicyclic) bond motifs is 1. The van der Waals surface area contributed by atoms with E-state index in [-0.39, 0.29) is 23.8 Å². The minimum absolute atomic E-state index is 0.0815. The van der Waals surface area contributed by atoms with Crippen LogP contribution in [-0.2, 0) is 14.3 Å². The van der Waals surface area contributed by atoms with Crippen LogP contribution in [0.5, 0.6) is 0 Å². The van der Waals surface area contributed by atoms with Gasteiger partial charge in [-0.15, -0.1) is 0 Å². The molecule has 0 spiro atoms. The van der Waals surface area contributed by atoms with Gasteiger partial charge in [0.15, 0.2) is 6.10 Å². The second-order valence-electron chi connectivity index (χ2n) is 4.33. The number of carbonyl (C=O) groups is 2. The lowest BCUT2D eigenvalue weighted by Gasteiger charge is -2.12. The molecule has 5 nitrogen and oxygen atoms in total. The van der Waals surface area contributed by atoms with E-state index in [0.717, 1.165) is 6.07 Å². The lowest BCUT2D eigenvalue weighted by atomic mass is 9.98. The Morgan fingerprint density at radius 1 is 1.58 bits per heavy atom. The van der Waals surface area contributed by atoms with Gasteiger partial charge in [-0.3, -0.25) is 4.79 Å². The lowest BCUT2D eigenvalue weighted by Crippen LogP contribution is -2.15. The monoisotopic (exact) mass is 267 g/mol. The molecule has 1 aromatic carbocycles. The zero-order valence-electron chi connectivity index (χ0n) is 10.6. The molecule has 0 aromatic heterocycles. The summed E-state index contributed by atoms with van der Waals surface area (Å²) in [7, 11) is 0. The van der Waals surface area contributed by atoms with Crippen molar-refractivity contribution in [3.05, 3.63) is 29.1 Å². The minimum atomic E-state index is -1.55. The highest BCUT2D eigenvalue weighted by Gasteiger charge is 2.31. The van der Waals surface area contributed by atoms with Gasteiger partial charge in [0.05, 0.1) is 18.2 Å². The Bertz CT molecular complexity index is 544. The molecule has 1 aromatic rings. The molecule has 1 heterocycles. The van der Waals surface area contributed by atoms with Crippen molar-refractivity contribution in [2.75, 3.05) is 11.9 Å². The molecule has 1 amide bonds. The molecule has 2 unspecified atom stereocenters. The van der Waals surface area contributed by atoms with Gasteiger partial charge >= 0.3 is 5.97 Å². The molecule has 6 heteroatoms. The molecule has 2 rings (SSSR count). The van der Waals surface area contributed by atoms with Crippen LogP contribution in [0, 0.1) is 5.82 Å². The summed E-state index contributed by atoms with van der Waals surface area (Å²) in [5, 5.41) is 12.2. The topological polar surface area (TPSA) is 75.6 Å².